The first kappa shape index (κ1) is 12.3. The van der Waals surface area contributed by atoms with Crippen LogP contribution in [0.5, 0.6) is 0 Å². The molecule has 2 fully saturated rings. The van der Waals surface area contributed by atoms with Gasteiger partial charge in [-0.05, 0) is 18.8 Å². The average molecular weight is 267 g/mol. The summed E-state index contributed by atoms with van der Waals surface area (Å²) in [6.07, 6.45) is 6.29. The number of halogens is 1. The summed E-state index contributed by atoms with van der Waals surface area (Å²) in [4.78, 5) is 13.4. The van der Waals surface area contributed by atoms with E-state index in [-0.39, 0.29) is 0 Å². The molecule has 3 rings (SSSR count). The lowest BCUT2D eigenvalue weighted by molar-refractivity contribution is 0.122. The zero-order valence-electron chi connectivity index (χ0n) is 10.6. The summed E-state index contributed by atoms with van der Waals surface area (Å²) in [6.45, 7) is 6.86. The summed E-state index contributed by atoms with van der Waals surface area (Å²) in [6, 6.07) is 0. The molecule has 0 bridgehead atoms. The maximum atomic E-state index is 5.73. The molecule has 0 unspecified atom stereocenters. The van der Waals surface area contributed by atoms with Gasteiger partial charge in [-0.25, -0.2) is 4.98 Å². The Morgan fingerprint density at radius 3 is 2.39 bits per heavy atom. The molecule has 5 heteroatoms. The highest BCUT2D eigenvalue weighted by Crippen LogP contribution is 2.29. The highest BCUT2D eigenvalue weighted by molar-refractivity contribution is 6.29. The van der Waals surface area contributed by atoms with E-state index in [4.69, 9.17) is 11.6 Å². The first-order valence-electron chi connectivity index (χ1n) is 6.71. The van der Waals surface area contributed by atoms with Crippen molar-refractivity contribution < 1.29 is 0 Å². The molecule has 0 aromatic carbocycles. The van der Waals surface area contributed by atoms with E-state index in [0.717, 1.165) is 31.2 Å². The van der Waals surface area contributed by atoms with Gasteiger partial charge in [-0.15, -0.1) is 0 Å². The zero-order valence-corrected chi connectivity index (χ0v) is 11.3. The molecule has 1 aromatic heterocycles. The van der Waals surface area contributed by atoms with Crippen molar-refractivity contribution in [3.05, 3.63) is 23.2 Å². The maximum absolute atomic E-state index is 5.73. The molecule has 1 saturated heterocycles. The van der Waals surface area contributed by atoms with Gasteiger partial charge in [0, 0.05) is 39.3 Å². The fourth-order valence-corrected chi connectivity index (χ4v) is 2.54. The maximum Gasteiger partial charge on any atom is 0.147 e. The molecule has 18 heavy (non-hydrogen) atoms. The van der Waals surface area contributed by atoms with Crippen LogP contribution >= 0.6 is 11.6 Å². The summed E-state index contributed by atoms with van der Waals surface area (Å²) >= 11 is 5.73. The van der Waals surface area contributed by atoms with Crippen LogP contribution in [0.15, 0.2) is 12.4 Å². The van der Waals surface area contributed by atoms with Crippen LogP contribution in [-0.4, -0.2) is 52.5 Å². The third kappa shape index (κ3) is 3.40. The summed E-state index contributed by atoms with van der Waals surface area (Å²) in [5.74, 6) is 0.999. The predicted octanol–water partition coefficient (Wildman–Crippen LogP) is 1.66. The van der Waals surface area contributed by atoms with Gasteiger partial charge in [0.1, 0.15) is 5.15 Å². The van der Waals surface area contributed by atoms with Crippen LogP contribution < -0.4 is 0 Å². The van der Waals surface area contributed by atoms with Crippen LogP contribution in [0.25, 0.3) is 0 Å². The van der Waals surface area contributed by atoms with Crippen LogP contribution in [0.3, 0.4) is 0 Å². The van der Waals surface area contributed by atoms with E-state index < -0.39 is 0 Å². The molecule has 1 saturated carbocycles. The van der Waals surface area contributed by atoms with E-state index >= 15 is 0 Å². The van der Waals surface area contributed by atoms with Gasteiger partial charge in [0.2, 0.25) is 0 Å². The molecule has 2 heterocycles. The molecule has 1 aromatic rings. The average Bonchev–Trinajstić information content (AvgIpc) is 3.19. The molecule has 98 valence electrons. The standard InChI is InChI=1S/C13H19ClN4/c14-13-8-15-12(7-16-13)10-18-5-3-17(4-6-18)9-11-1-2-11/h7-8,11H,1-6,9-10H2. The van der Waals surface area contributed by atoms with E-state index in [2.05, 4.69) is 19.8 Å². The Morgan fingerprint density at radius 2 is 1.78 bits per heavy atom. The quantitative estimate of drug-likeness (QED) is 0.830. The highest BCUT2D eigenvalue weighted by atomic mass is 35.5. The molecule has 0 N–H and O–H groups in total. The van der Waals surface area contributed by atoms with Crippen molar-refractivity contribution in [1.29, 1.82) is 0 Å². The van der Waals surface area contributed by atoms with Crippen molar-refractivity contribution in [1.82, 2.24) is 19.8 Å². The Hall–Kier alpha value is -0.710. The minimum atomic E-state index is 0.466. The Bertz CT molecular complexity index is 382. The third-order valence-corrected chi connectivity index (χ3v) is 3.93. The second-order valence-corrected chi connectivity index (χ2v) is 5.74. The number of piperazine rings is 1. The predicted molar refractivity (Wildman–Crippen MR) is 71.5 cm³/mol. The van der Waals surface area contributed by atoms with Gasteiger partial charge < -0.3 is 4.90 Å². The summed E-state index contributed by atoms with van der Waals surface area (Å²) < 4.78 is 0. The molecular weight excluding hydrogens is 248 g/mol. The lowest BCUT2D eigenvalue weighted by atomic mass is 10.2. The Labute approximate surface area is 113 Å². The van der Waals surface area contributed by atoms with E-state index in [1.165, 1.54) is 32.5 Å². The van der Waals surface area contributed by atoms with Crippen LogP contribution in [0, 0.1) is 5.92 Å². The largest absolute Gasteiger partial charge is 0.301 e. The van der Waals surface area contributed by atoms with Gasteiger partial charge in [-0.1, -0.05) is 11.6 Å². The molecule has 1 aliphatic heterocycles. The topological polar surface area (TPSA) is 32.3 Å². The summed E-state index contributed by atoms with van der Waals surface area (Å²) in [5, 5.41) is 0.466. The Morgan fingerprint density at radius 1 is 1.06 bits per heavy atom. The second kappa shape index (κ2) is 5.51. The lowest BCUT2D eigenvalue weighted by Gasteiger charge is -2.34. The van der Waals surface area contributed by atoms with Crippen LogP contribution in [0.2, 0.25) is 5.15 Å². The number of hydrogen-bond donors (Lipinski definition) is 0. The fraction of sp³-hybridized carbons (Fsp3) is 0.692. The SMILES string of the molecule is Clc1cnc(CN2CCN(CC3CC3)CC2)cn1. The molecule has 0 amide bonds. The van der Waals surface area contributed by atoms with Crippen LogP contribution in [-0.2, 0) is 6.54 Å². The molecule has 2 aliphatic rings. The van der Waals surface area contributed by atoms with Crippen molar-refractivity contribution in [2.45, 2.75) is 19.4 Å². The first-order chi connectivity index (χ1) is 8.79. The Kier molecular flexibility index (Phi) is 3.77. The van der Waals surface area contributed by atoms with Crippen molar-refractivity contribution in [3.8, 4) is 0 Å². The number of nitrogens with zero attached hydrogens (tertiary/aromatic N) is 4. The van der Waals surface area contributed by atoms with E-state index in [0.29, 0.717) is 5.15 Å². The lowest BCUT2D eigenvalue weighted by Crippen LogP contribution is -2.46. The normalized spacial score (nSPS) is 22.3. The van der Waals surface area contributed by atoms with Crippen molar-refractivity contribution in [3.63, 3.8) is 0 Å². The van der Waals surface area contributed by atoms with Gasteiger partial charge in [-0.2, -0.15) is 0 Å². The van der Waals surface area contributed by atoms with Gasteiger partial charge in [0.15, 0.2) is 0 Å². The molecule has 0 atom stereocenters. The second-order valence-electron chi connectivity index (χ2n) is 5.35. The van der Waals surface area contributed by atoms with Crippen molar-refractivity contribution >= 4 is 11.6 Å². The number of aromatic nitrogens is 2. The molecule has 1 aliphatic carbocycles. The van der Waals surface area contributed by atoms with Gasteiger partial charge in [0.25, 0.3) is 0 Å². The smallest absolute Gasteiger partial charge is 0.147 e. The van der Waals surface area contributed by atoms with E-state index in [1.54, 1.807) is 12.4 Å². The Balaban J connectivity index is 1.45. The summed E-state index contributed by atoms with van der Waals surface area (Å²) in [7, 11) is 0. The zero-order chi connectivity index (χ0) is 12.4. The van der Waals surface area contributed by atoms with Crippen molar-refractivity contribution in [2.24, 2.45) is 5.92 Å². The van der Waals surface area contributed by atoms with Gasteiger partial charge >= 0.3 is 0 Å². The number of hydrogen-bond acceptors (Lipinski definition) is 4. The first-order valence-corrected chi connectivity index (χ1v) is 7.08. The van der Waals surface area contributed by atoms with Crippen molar-refractivity contribution in [2.75, 3.05) is 32.7 Å². The van der Waals surface area contributed by atoms with Crippen LogP contribution in [0.4, 0.5) is 0 Å². The van der Waals surface area contributed by atoms with Gasteiger partial charge in [0.05, 0.1) is 18.1 Å². The minimum absolute atomic E-state index is 0.466. The highest BCUT2D eigenvalue weighted by Gasteiger charge is 2.26. The fourth-order valence-electron chi connectivity index (χ4n) is 2.45. The molecule has 4 nitrogen and oxygen atoms in total. The molecular formula is C13H19ClN4. The summed E-state index contributed by atoms with van der Waals surface area (Å²) in [5.41, 5.74) is 1.01. The molecule has 0 spiro atoms. The molecule has 0 radical (unpaired) electrons. The van der Waals surface area contributed by atoms with Gasteiger partial charge in [-0.3, -0.25) is 9.88 Å². The van der Waals surface area contributed by atoms with E-state index in [9.17, 15) is 0 Å². The third-order valence-electron chi connectivity index (χ3n) is 3.74. The monoisotopic (exact) mass is 266 g/mol. The van der Waals surface area contributed by atoms with E-state index in [1.807, 2.05) is 0 Å². The minimum Gasteiger partial charge on any atom is -0.301 e. The van der Waals surface area contributed by atoms with Crippen LogP contribution in [0.1, 0.15) is 18.5 Å². The number of rotatable bonds is 4.